The second-order valence-electron chi connectivity index (χ2n) is 4.70. The molecule has 0 aromatic heterocycles. The molecule has 0 aliphatic heterocycles. The zero-order chi connectivity index (χ0) is 13.2. The molecular weight excluding hydrogens is 296 g/mol. The van der Waals surface area contributed by atoms with Crippen molar-refractivity contribution in [3.63, 3.8) is 0 Å². The molecule has 0 unspecified atom stereocenters. The van der Waals surface area contributed by atoms with Crippen molar-refractivity contribution in [1.29, 1.82) is 0 Å². The molecule has 0 saturated heterocycles. The number of nitrogens with one attached hydrogen (secondary N) is 1. The average molecular weight is 313 g/mol. The summed E-state index contributed by atoms with van der Waals surface area (Å²) in [7, 11) is 1.59. The van der Waals surface area contributed by atoms with E-state index in [1.54, 1.807) is 13.2 Å². The molecule has 2 rings (SSSR count). The van der Waals surface area contributed by atoms with E-state index in [1.165, 1.54) is 0 Å². The summed E-state index contributed by atoms with van der Waals surface area (Å²) < 4.78 is 6.01. The number of benzene rings is 1. The van der Waals surface area contributed by atoms with Gasteiger partial charge in [-0.2, -0.15) is 0 Å². The molecule has 1 aromatic rings. The quantitative estimate of drug-likeness (QED) is 0.902. The number of anilines is 1. The van der Waals surface area contributed by atoms with E-state index >= 15 is 0 Å². The molecule has 1 fully saturated rings. The van der Waals surface area contributed by atoms with Gasteiger partial charge in [0.05, 0.1) is 12.6 Å². The lowest BCUT2D eigenvalue weighted by atomic mass is 9.98. The molecule has 1 amide bonds. The predicted octanol–water partition coefficient (Wildman–Crippen LogP) is 2.67. The molecule has 0 radical (unpaired) electrons. The first-order valence-electron chi connectivity index (χ1n) is 5.98. The van der Waals surface area contributed by atoms with Gasteiger partial charge in [-0.25, -0.2) is 0 Å². The summed E-state index contributed by atoms with van der Waals surface area (Å²) in [5, 5.41) is 2.87. The van der Waals surface area contributed by atoms with E-state index in [-0.39, 0.29) is 5.91 Å². The van der Waals surface area contributed by atoms with Gasteiger partial charge in [-0.15, -0.1) is 0 Å². The number of hydrogen-bond donors (Lipinski definition) is 2. The first-order valence-corrected chi connectivity index (χ1v) is 6.78. The van der Waals surface area contributed by atoms with Crippen LogP contribution in [0.15, 0.2) is 22.7 Å². The zero-order valence-corrected chi connectivity index (χ0v) is 11.9. The second-order valence-corrected chi connectivity index (χ2v) is 5.61. The van der Waals surface area contributed by atoms with Crippen molar-refractivity contribution in [3.05, 3.63) is 22.7 Å². The van der Waals surface area contributed by atoms with Gasteiger partial charge >= 0.3 is 0 Å². The number of carbonyl (C=O) groups is 1. The highest BCUT2D eigenvalue weighted by molar-refractivity contribution is 9.10. The molecule has 98 valence electrons. The van der Waals surface area contributed by atoms with Crippen molar-refractivity contribution < 1.29 is 9.53 Å². The molecule has 4 nitrogen and oxygen atoms in total. The standard InChI is InChI=1S/C13H17BrN2O2/c1-18-11-7-9(14)6-10(8-11)16-12(17)13(15)4-2-3-5-13/h6-8H,2-5,15H2,1H3,(H,16,17). The van der Waals surface area contributed by atoms with Crippen LogP contribution in [0, 0.1) is 0 Å². The van der Waals surface area contributed by atoms with E-state index in [2.05, 4.69) is 21.2 Å². The summed E-state index contributed by atoms with van der Waals surface area (Å²) >= 11 is 3.38. The van der Waals surface area contributed by atoms with Crippen LogP contribution in [0.1, 0.15) is 25.7 Å². The Morgan fingerprint density at radius 2 is 2.06 bits per heavy atom. The highest BCUT2D eigenvalue weighted by Gasteiger charge is 2.36. The highest BCUT2D eigenvalue weighted by Crippen LogP contribution is 2.30. The summed E-state index contributed by atoms with van der Waals surface area (Å²) in [6.07, 6.45) is 3.55. The molecule has 0 spiro atoms. The molecule has 0 heterocycles. The Bertz CT molecular complexity index is 456. The van der Waals surface area contributed by atoms with Gasteiger partial charge in [0.1, 0.15) is 5.75 Å². The van der Waals surface area contributed by atoms with Crippen molar-refractivity contribution >= 4 is 27.5 Å². The number of carbonyl (C=O) groups excluding carboxylic acids is 1. The first-order chi connectivity index (χ1) is 8.53. The van der Waals surface area contributed by atoms with Gasteiger partial charge in [0.2, 0.25) is 5.91 Å². The highest BCUT2D eigenvalue weighted by atomic mass is 79.9. The predicted molar refractivity (Wildman–Crippen MR) is 74.7 cm³/mol. The molecule has 3 N–H and O–H groups in total. The second kappa shape index (κ2) is 5.28. The van der Waals surface area contributed by atoms with E-state index < -0.39 is 5.54 Å². The molecule has 0 bridgehead atoms. The van der Waals surface area contributed by atoms with Crippen LogP contribution >= 0.6 is 15.9 Å². The molecule has 5 heteroatoms. The fourth-order valence-corrected chi connectivity index (χ4v) is 2.71. The topological polar surface area (TPSA) is 64.3 Å². The molecule has 1 aromatic carbocycles. The summed E-state index contributed by atoms with van der Waals surface area (Å²) in [5.41, 5.74) is 6.09. The zero-order valence-electron chi connectivity index (χ0n) is 10.3. The number of ether oxygens (including phenoxy) is 1. The Labute approximate surface area is 115 Å². The van der Waals surface area contributed by atoms with Gasteiger partial charge in [-0.3, -0.25) is 4.79 Å². The van der Waals surface area contributed by atoms with Crippen molar-refractivity contribution in [2.75, 3.05) is 12.4 Å². The minimum Gasteiger partial charge on any atom is -0.497 e. The van der Waals surface area contributed by atoms with Crippen molar-refractivity contribution in [1.82, 2.24) is 0 Å². The van der Waals surface area contributed by atoms with E-state index in [0.717, 1.165) is 30.2 Å². The van der Waals surface area contributed by atoms with Gasteiger partial charge in [0.15, 0.2) is 0 Å². The third-order valence-corrected chi connectivity index (χ3v) is 3.77. The maximum absolute atomic E-state index is 12.2. The largest absolute Gasteiger partial charge is 0.497 e. The van der Waals surface area contributed by atoms with Gasteiger partial charge in [-0.1, -0.05) is 28.8 Å². The normalized spacial score (nSPS) is 17.5. The van der Waals surface area contributed by atoms with Gasteiger partial charge < -0.3 is 15.8 Å². The van der Waals surface area contributed by atoms with Gasteiger partial charge in [-0.05, 0) is 25.0 Å². The van der Waals surface area contributed by atoms with E-state index in [0.29, 0.717) is 11.4 Å². The molecule has 18 heavy (non-hydrogen) atoms. The van der Waals surface area contributed by atoms with Crippen LogP contribution in [0.25, 0.3) is 0 Å². The SMILES string of the molecule is COc1cc(Br)cc(NC(=O)C2(N)CCCC2)c1. The molecule has 1 saturated carbocycles. The van der Waals surface area contributed by atoms with Gasteiger partial charge in [0.25, 0.3) is 0 Å². The van der Waals surface area contributed by atoms with Crippen LogP contribution in [-0.4, -0.2) is 18.6 Å². The smallest absolute Gasteiger partial charge is 0.244 e. The maximum atomic E-state index is 12.2. The van der Waals surface area contributed by atoms with Crippen LogP contribution in [-0.2, 0) is 4.79 Å². The number of hydrogen-bond acceptors (Lipinski definition) is 3. The number of methoxy groups -OCH3 is 1. The van der Waals surface area contributed by atoms with Crippen molar-refractivity contribution in [2.24, 2.45) is 5.73 Å². The first kappa shape index (κ1) is 13.4. The lowest BCUT2D eigenvalue weighted by molar-refractivity contribution is -0.121. The average Bonchev–Trinajstić information content (AvgIpc) is 2.76. The Hall–Kier alpha value is -1.07. The van der Waals surface area contributed by atoms with E-state index in [9.17, 15) is 4.79 Å². The monoisotopic (exact) mass is 312 g/mol. The Kier molecular flexibility index (Phi) is 3.92. The third kappa shape index (κ3) is 2.84. The van der Waals surface area contributed by atoms with Crippen LogP contribution in [0.5, 0.6) is 5.75 Å². The summed E-state index contributed by atoms with van der Waals surface area (Å²) in [6.45, 7) is 0. The Morgan fingerprint density at radius 3 is 2.67 bits per heavy atom. The minimum absolute atomic E-state index is 0.111. The number of nitrogens with two attached hydrogens (primary N) is 1. The number of rotatable bonds is 3. The van der Waals surface area contributed by atoms with Crippen molar-refractivity contribution in [3.8, 4) is 5.75 Å². The Balaban J connectivity index is 2.13. The third-order valence-electron chi connectivity index (χ3n) is 3.31. The lowest BCUT2D eigenvalue weighted by Gasteiger charge is -2.22. The summed E-state index contributed by atoms with van der Waals surface area (Å²) in [4.78, 5) is 12.2. The Morgan fingerprint density at radius 1 is 1.39 bits per heavy atom. The molecule has 1 aliphatic rings. The van der Waals surface area contributed by atoms with Gasteiger partial charge in [0, 0.05) is 16.2 Å². The van der Waals surface area contributed by atoms with E-state index in [1.807, 2.05) is 12.1 Å². The number of halogens is 1. The lowest BCUT2D eigenvalue weighted by Crippen LogP contribution is -2.48. The number of amides is 1. The van der Waals surface area contributed by atoms with Crippen LogP contribution < -0.4 is 15.8 Å². The molecule has 0 atom stereocenters. The van der Waals surface area contributed by atoms with Crippen molar-refractivity contribution in [2.45, 2.75) is 31.2 Å². The van der Waals surface area contributed by atoms with Crippen LogP contribution in [0.2, 0.25) is 0 Å². The van der Waals surface area contributed by atoms with E-state index in [4.69, 9.17) is 10.5 Å². The summed E-state index contributed by atoms with van der Waals surface area (Å²) in [6, 6.07) is 5.45. The maximum Gasteiger partial charge on any atom is 0.244 e. The molecular formula is C13H17BrN2O2. The minimum atomic E-state index is -0.713. The fraction of sp³-hybridized carbons (Fsp3) is 0.462. The van der Waals surface area contributed by atoms with Crippen LogP contribution in [0.3, 0.4) is 0 Å². The molecule has 1 aliphatic carbocycles. The summed E-state index contributed by atoms with van der Waals surface area (Å²) in [5.74, 6) is 0.581. The van der Waals surface area contributed by atoms with Crippen LogP contribution in [0.4, 0.5) is 5.69 Å². The fourth-order valence-electron chi connectivity index (χ4n) is 2.24.